The molecule has 1 aliphatic rings. The van der Waals surface area contributed by atoms with Crippen molar-refractivity contribution < 1.29 is 14.6 Å². The normalized spacial score (nSPS) is 14.7. The van der Waals surface area contributed by atoms with Crippen molar-refractivity contribution in [1.29, 1.82) is 0 Å². The van der Waals surface area contributed by atoms with E-state index >= 15 is 0 Å². The molecule has 176 valence electrons. The maximum atomic E-state index is 9.28. The molecule has 2 aromatic carbocycles. The lowest BCUT2D eigenvalue weighted by molar-refractivity contribution is 0.0582. The van der Waals surface area contributed by atoms with E-state index in [1.54, 1.807) is 14.0 Å². The van der Waals surface area contributed by atoms with Gasteiger partial charge in [0.25, 0.3) is 6.07 Å². The summed E-state index contributed by atoms with van der Waals surface area (Å²) in [7, 11) is 3.62. The van der Waals surface area contributed by atoms with Crippen LogP contribution in [0.2, 0.25) is 0 Å². The second-order valence-electron chi connectivity index (χ2n) is 8.47. The first-order valence-electron chi connectivity index (χ1n) is 11.5. The van der Waals surface area contributed by atoms with Gasteiger partial charge in [-0.05, 0) is 34.2 Å². The maximum absolute atomic E-state index is 9.28. The summed E-state index contributed by atoms with van der Waals surface area (Å²) in [6.45, 7) is 2.22. The molecule has 0 spiro atoms. The van der Waals surface area contributed by atoms with Crippen LogP contribution in [0.3, 0.4) is 0 Å². The number of hydrogen-bond donors (Lipinski definition) is 1. The minimum absolute atomic E-state index is 0.0260. The molecule has 0 bridgehead atoms. The van der Waals surface area contributed by atoms with E-state index in [1.165, 1.54) is 0 Å². The van der Waals surface area contributed by atoms with Crippen LogP contribution in [0.4, 0.5) is 5.69 Å². The Balaban J connectivity index is 1.55. The highest BCUT2D eigenvalue weighted by molar-refractivity contribution is 6.00. The molecule has 1 atom stereocenters. The van der Waals surface area contributed by atoms with Crippen LogP contribution in [-0.2, 0) is 36.2 Å². The number of rotatable bonds is 6. The van der Waals surface area contributed by atoms with Crippen LogP contribution in [0.25, 0.3) is 33.1 Å². The van der Waals surface area contributed by atoms with E-state index in [0.29, 0.717) is 13.0 Å². The van der Waals surface area contributed by atoms with Gasteiger partial charge in [-0.3, -0.25) is 9.67 Å². The Morgan fingerprint density at radius 3 is 2.54 bits per heavy atom. The third-order valence-corrected chi connectivity index (χ3v) is 6.27. The number of aliphatic hydroxyl groups is 1. The number of fused-ring (bicyclic) bond motifs is 3. The fourth-order valence-electron chi connectivity index (χ4n) is 4.40. The Morgan fingerprint density at radius 1 is 1.11 bits per heavy atom. The van der Waals surface area contributed by atoms with Gasteiger partial charge in [0.2, 0.25) is 0 Å². The SMILES string of the molecule is CC#[N+]c1ccc(-c2nn(C)c3cnc4c(c23)C=C(OCc2ccc(CO)cc2)C(OC)C4)cc1. The predicted octanol–water partition coefficient (Wildman–Crippen LogP) is 5.24. The van der Waals surface area contributed by atoms with E-state index in [-0.39, 0.29) is 12.7 Å². The van der Waals surface area contributed by atoms with Gasteiger partial charge < -0.3 is 14.6 Å². The van der Waals surface area contributed by atoms with E-state index in [9.17, 15) is 5.11 Å². The third kappa shape index (κ3) is 4.42. The van der Waals surface area contributed by atoms with E-state index in [0.717, 1.165) is 56.0 Å². The number of aliphatic hydroxyl groups excluding tert-OH is 1. The second kappa shape index (κ2) is 9.71. The van der Waals surface area contributed by atoms with E-state index < -0.39 is 0 Å². The monoisotopic (exact) mass is 467 g/mol. The lowest BCUT2D eigenvalue weighted by Gasteiger charge is -2.25. The van der Waals surface area contributed by atoms with Crippen molar-refractivity contribution >= 4 is 22.7 Å². The molecule has 2 aromatic heterocycles. The average molecular weight is 468 g/mol. The first-order valence-corrected chi connectivity index (χ1v) is 11.5. The van der Waals surface area contributed by atoms with Gasteiger partial charge in [0.15, 0.2) is 0 Å². The van der Waals surface area contributed by atoms with Gasteiger partial charge in [-0.2, -0.15) is 5.10 Å². The molecule has 5 rings (SSSR count). The molecule has 0 aliphatic heterocycles. The Kier molecular flexibility index (Phi) is 6.32. The Morgan fingerprint density at radius 2 is 1.86 bits per heavy atom. The summed E-state index contributed by atoms with van der Waals surface area (Å²) in [5.41, 5.74) is 7.57. The van der Waals surface area contributed by atoms with Gasteiger partial charge in [-0.1, -0.05) is 24.3 Å². The van der Waals surface area contributed by atoms with Crippen LogP contribution in [0, 0.1) is 6.07 Å². The number of benzene rings is 2. The van der Waals surface area contributed by atoms with Crippen molar-refractivity contribution in [3.05, 3.63) is 87.7 Å². The molecule has 1 unspecified atom stereocenters. The molecule has 7 heteroatoms. The molecule has 0 saturated heterocycles. The maximum Gasteiger partial charge on any atom is 0.340 e. The predicted molar refractivity (Wildman–Crippen MR) is 136 cm³/mol. The lowest BCUT2D eigenvalue weighted by Crippen LogP contribution is -2.23. The third-order valence-electron chi connectivity index (χ3n) is 6.27. The number of aryl methyl sites for hydroxylation is 1. The van der Waals surface area contributed by atoms with E-state index in [2.05, 4.69) is 10.9 Å². The summed E-state index contributed by atoms with van der Waals surface area (Å²) < 4.78 is 13.9. The molecule has 4 aromatic rings. The van der Waals surface area contributed by atoms with E-state index in [4.69, 9.17) is 19.6 Å². The molecule has 0 amide bonds. The van der Waals surface area contributed by atoms with Gasteiger partial charge in [0.05, 0.1) is 30.9 Å². The van der Waals surface area contributed by atoms with Crippen LogP contribution in [0.1, 0.15) is 29.3 Å². The summed E-state index contributed by atoms with van der Waals surface area (Å²) in [5, 5.41) is 15.1. The van der Waals surface area contributed by atoms with Crippen LogP contribution in [0.15, 0.2) is 60.5 Å². The first kappa shape index (κ1) is 22.8. The Bertz CT molecular complexity index is 1460. The molecular weight excluding hydrogens is 440 g/mol. The van der Waals surface area contributed by atoms with Gasteiger partial charge in [0.1, 0.15) is 24.2 Å². The topological polar surface area (TPSA) is 73.8 Å². The quantitative estimate of drug-likeness (QED) is 0.420. The summed E-state index contributed by atoms with van der Waals surface area (Å²) in [5.74, 6) is 0.763. The van der Waals surface area contributed by atoms with Crippen LogP contribution in [-0.4, -0.2) is 33.1 Å². The lowest BCUT2D eigenvalue weighted by atomic mass is 9.94. The summed E-state index contributed by atoms with van der Waals surface area (Å²) in [6, 6.07) is 18.5. The van der Waals surface area contributed by atoms with Crippen molar-refractivity contribution in [3.8, 4) is 17.3 Å². The molecule has 2 heterocycles. The van der Waals surface area contributed by atoms with Gasteiger partial charge in [0, 0.05) is 49.2 Å². The first-order chi connectivity index (χ1) is 17.1. The van der Waals surface area contributed by atoms with Gasteiger partial charge in [-0.15, -0.1) is 0 Å². The molecule has 0 radical (unpaired) electrons. The highest BCUT2D eigenvalue weighted by atomic mass is 16.5. The number of nitrogens with zero attached hydrogens (tertiary/aromatic N) is 4. The Labute approximate surface area is 204 Å². The van der Waals surface area contributed by atoms with Crippen molar-refractivity contribution in [2.45, 2.75) is 32.7 Å². The molecule has 1 N–H and O–H groups in total. The van der Waals surface area contributed by atoms with Crippen LogP contribution >= 0.6 is 0 Å². The largest absolute Gasteiger partial charge is 0.490 e. The minimum atomic E-state index is -0.216. The fraction of sp³-hybridized carbons (Fsp3) is 0.250. The van der Waals surface area contributed by atoms with Gasteiger partial charge in [-0.25, -0.2) is 0 Å². The van der Waals surface area contributed by atoms with E-state index in [1.807, 2.05) is 72.5 Å². The summed E-state index contributed by atoms with van der Waals surface area (Å²) in [6.07, 6.45) is 4.32. The molecule has 0 saturated carbocycles. The number of aromatic nitrogens is 3. The molecular formula is C28H27N4O3+. The van der Waals surface area contributed by atoms with Crippen molar-refractivity contribution in [3.63, 3.8) is 0 Å². The Hall–Kier alpha value is -3.99. The zero-order valence-corrected chi connectivity index (χ0v) is 20.0. The van der Waals surface area contributed by atoms with Gasteiger partial charge >= 0.3 is 5.69 Å². The summed E-state index contributed by atoms with van der Waals surface area (Å²) >= 11 is 0. The molecule has 0 fully saturated rings. The van der Waals surface area contributed by atoms with Crippen LogP contribution < -0.4 is 0 Å². The highest BCUT2D eigenvalue weighted by Crippen LogP contribution is 2.37. The summed E-state index contributed by atoms with van der Waals surface area (Å²) in [4.78, 5) is 8.96. The van der Waals surface area contributed by atoms with Crippen LogP contribution in [0.5, 0.6) is 0 Å². The number of ether oxygens (including phenoxy) is 2. The second-order valence-corrected chi connectivity index (χ2v) is 8.47. The fourth-order valence-corrected chi connectivity index (χ4v) is 4.40. The average Bonchev–Trinajstić information content (AvgIpc) is 3.24. The zero-order chi connectivity index (χ0) is 24.4. The van der Waals surface area contributed by atoms with Crippen molar-refractivity contribution in [2.24, 2.45) is 7.05 Å². The number of hydrogen-bond acceptors (Lipinski definition) is 5. The number of pyridine rings is 1. The van der Waals surface area contributed by atoms with Crippen molar-refractivity contribution in [1.82, 2.24) is 14.8 Å². The zero-order valence-electron chi connectivity index (χ0n) is 20.0. The standard InChI is InChI=1S/C28H27N4O3/c1-4-29-21-11-9-20(10-12-21)28-27-22-13-26(35-17-19-7-5-18(16-33)6-8-19)25(34-3)14-23(22)30-15-24(27)32(2)31-28/h5-13,15,25,33H,14,16-17H2,1-3H3/q+1. The molecule has 35 heavy (non-hydrogen) atoms. The smallest absolute Gasteiger partial charge is 0.340 e. The van der Waals surface area contributed by atoms with Crippen molar-refractivity contribution in [2.75, 3.05) is 7.11 Å². The number of methoxy groups -OCH3 is 1. The highest BCUT2D eigenvalue weighted by Gasteiger charge is 2.27. The minimum Gasteiger partial charge on any atom is -0.490 e. The molecule has 1 aliphatic carbocycles. The molecule has 7 nitrogen and oxygen atoms in total.